The van der Waals surface area contributed by atoms with E-state index in [2.05, 4.69) is 79.1 Å². The van der Waals surface area contributed by atoms with Crippen LogP contribution in [0.2, 0.25) is 0 Å². The van der Waals surface area contributed by atoms with E-state index in [0.717, 1.165) is 77.4 Å². The maximum absolute atomic E-state index is 5.01. The average molecular weight is 437 g/mol. The number of benzene rings is 1. The van der Waals surface area contributed by atoms with Crippen LogP contribution in [0.1, 0.15) is 13.8 Å². The van der Waals surface area contributed by atoms with Gasteiger partial charge in [0.1, 0.15) is 0 Å². The second kappa shape index (κ2) is 11.1. The molecule has 1 aromatic carbocycles. The zero-order valence-electron chi connectivity index (χ0n) is 19.4. The fourth-order valence-electron chi connectivity index (χ4n) is 4.39. The lowest BCUT2D eigenvalue weighted by Gasteiger charge is -2.39. The Balaban J connectivity index is 1.28. The number of hydrogen-bond acceptors (Lipinski definition) is 6. The molecule has 2 fully saturated rings. The first-order chi connectivity index (χ1) is 15.7. The third kappa shape index (κ3) is 5.68. The van der Waals surface area contributed by atoms with Crippen molar-refractivity contribution >= 4 is 17.6 Å². The van der Waals surface area contributed by atoms with Gasteiger partial charge in [-0.05, 0) is 32.0 Å². The van der Waals surface area contributed by atoms with Gasteiger partial charge in [0.2, 0.25) is 5.95 Å². The van der Waals surface area contributed by atoms with E-state index in [4.69, 9.17) is 4.99 Å². The summed E-state index contributed by atoms with van der Waals surface area (Å²) < 4.78 is 0. The van der Waals surface area contributed by atoms with Crippen molar-refractivity contribution in [3.63, 3.8) is 0 Å². The van der Waals surface area contributed by atoms with E-state index in [1.807, 2.05) is 6.07 Å². The van der Waals surface area contributed by atoms with Crippen molar-refractivity contribution in [1.82, 2.24) is 25.1 Å². The molecule has 32 heavy (non-hydrogen) atoms. The van der Waals surface area contributed by atoms with Gasteiger partial charge in [-0.15, -0.1) is 0 Å². The number of para-hydroxylation sites is 1. The minimum atomic E-state index is 0.431. The Morgan fingerprint density at radius 2 is 1.56 bits per heavy atom. The first-order valence-corrected chi connectivity index (χ1v) is 11.8. The molecule has 0 amide bonds. The molecule has 0 saturated carbocycles. The quantitative estimate of drug-likeness (QED) is 0.547. The molecule has 1 atom stereocenters. The molecule has 3 heterocycles. The highest BCUT2D eigenvalue weighted by Crippen LogP contribution is 2.17. The Morgan fingerprint density at radius 1 is 0.906 bits per heavy atom. The van der Waals surface area contributed by atoms with Crippen molar-refractivity contribution in [2.45, 2.75) is 19.9 Å². The molecule has 0 bridgehead atoms. The number of anilines is 2. The number of aromatic nitrogens is 2. The standard InChI is InChI=1S/C24H36N8/c1-3-25-23(31-16-18-32(19-17-31)24-26-10-7-11-27-24)28-20-21(2)29-12-14-30(15-13-29)22-8-5-4-6-9-22/h4-11,21H,3,12-20H2,1-2H3,(H,25,28). The van der Waals surface area contributed by atoms with Gasteiger partial charge in [0.05, 0.1) is 6.54 Å². The van der Waals surface area contributed by atoms with Crippen LogP contribution in [0, 0.1) is 0 Å². The summed E-state index contributed by atoms with van der Waals surface area (Å²) in [6.45, 7) is 14.1. The molecule has 8 heteroatoms. The number of nitrogens with one attached hydrogen (secondary N) is 1. The molecule has 0 radical (unpaired) electrons. The summed E-state index contributed by atoms with van der Waals surface area (Å²) >= 11 is 0. The van der Waals surface area contributed by atoms with Crippen molar-refractivity contribution in [1.29, 1.82) is 0 Å². The zero-order chi connectivity index (χ0) is 22.2. The van der Waals surface area contributed by atoms with Crippen LogP contribution in [0.5, 0.6) is 0 Å². The van der Waals surface area contributed by atoms with Crippen LogP contribution < -0.4 is 15.1 Å². The van der Waals surface area contributed by atoms with Crippen LogP contribution in [0.15, 0.2) is 53.8 Å². The Labute approximate surface area is 192 Å². The summed E-state index contributed by atoms with van der Waals surface area (Å²) in [4.78, 5) is 23.4. The third-order valence-corrected chi connectivity index (χ3v) is 6.31. The predicted octanol–water partition coefficient (Wildman–Crippen LogP) is 1.77. The highest BCUT2D eigenvalue weighted by Gasteiger charge is 2.23. The highest BCUT2D eigenvalue weighted by molar-refractivity contribution is 5.80. The molecular weight excluding hydrogens is 400 g/mol. The zero-order valence-corrected chi connectivity index (χ0v) is 19.4. The van der Waals surface area contributed by atoms with Gasteiger partial charge in [0.15, 0.2) is 5.96 Å². The Morgan fingerprint density at radius 3 is 2.22 bits per heavy atom. The summed E-state index contributed by atoms with van der Waals surface area (Å²) in [5.41, 5.74) is 1.33. The van der Waals surface area contributed by atoms with Gasteiger partial charge in [-0.1, -0.05) is 18.2 Å². The van der Waals surface area contributed by atoms with E-state index in [9.17, 15) is 0 Å². The third-order valence-electron chi connectivity index (χ3n) is 6.31. The van der Waals surface area contributed by atoms with E-state index in [1.165, 1.54) is 5.69 Å². The van der Waals surface area contributed by atoms with Crippen LogP contribution in [0.25, 0.3) is 0 Å². The minimum absolute atomic E-state index is 0.431. The van der Waals surface area contributed by atoms with Gasteiger partial charge in [-0.3, -0.25) is 9.89 Å². The van der Waals surface area contributed by atoms with Crippen LogP contribution in [0.3, 0.4) is 0 Å². The van der Waals surface area contributed by atoms with Gasteiger partial charge in [-0.25, -0.2) is 9.97 Å². The molecule has 172 valence electrons. The van der Waals surface area contributed by atoms with Gasteiger partial charge in [-0.2, -0.15) is 0 Å². The Hall–Kier alpha value is -2.87. The summed E-state index contributed by atoms with van der Waals surface area (Å²) in [6, 6.07) is 13.0. The van der Waals surface area contributed by atoms with Gasteiger partial charge >= 0.3 is 0 Å². The Bertz CT molecular complexity index is 828. The predicted molar refractivity (Wildman–Crippen MR) is 131 cm³/mol. The van der Waals surface area contributed by atoms with Crippen molar-refractivity contribution in [2.24, 2.45) is 4.99 Å². The van der Waals surface area contributed by atoms with Crippen LogP contribution in [-0.2, 0) is 0 Å². The SMILES string of the molecule is CCNC(=NCC(C)N1CCN(c2ccccc2)CC1)N1CCN(c2ncccn2)CC1. The lowest BCUT2D eigenvalue weighted by atomic mass is 10.2. The minimum Gasteiger partial charge on any atom is -0.369 e. The molecule has 2 aliphatic heterocycles. The second-order valence-corrected chi connectivity index (χ2v) is 8.43. The van der Waals surface area contributed by atoms with E-state index >= 15 is 0 Å². The molecule has 2 saturated heterocycles. The number of nitrogens with zero attached hydrogens (tertiary/aromatic N) is 7. The van der Waals surface area contributed by atoms with Crippen LogP contribution >= 0.6 is 0 Å². The first-order valence-electron chi connectivity index (χ1n) is 11.8. The number of aliphatic imine (C=N–C) groups is 1. The normalized spacial score (nSPS) is 19.2. The number of hydrogen-bond donors (Lipinski definition) is 1. The second-order valence-electron chi connectivity index (χ2n) is 8.43. The average Bonchev–Trinajstić information content (AvgIpc) is 2.87. The van der Waals surface area contributed by atoms with Crippen molar-refractivity contribution in [2.75, 3.05) is 75.2 Å². The van der Waals surface area contributed by atoms with E-state index in [1.54, 1.807) is 12.4 Å². The topological polar surface area (TPSA) is 63.1 Å². The molecular formula is C24H36N8. The van der Waals surface area contributed by atoms with Gasteiger partial charge in [0.25, 0.3) is 0 Å². The smallest absolute Gasteiger partial charge is 0.225 e. The summed E-state index contributed by atoms with van der Waals surface area (Å²) in [5.74, 6) is 1.84. The maximum Gasteiger partial charge on any atom is 0.225 e. The molecule has 1 unspecified atom stereocenters. The first kappa shape index (κ1) is 22.3. The summed E-state index contributed by atoms with van der Waals surface area (Å²) in [7, 11) is 0. The lowest BCUT2D eigenvalue weighted by Crippen LogP contribution is -2.53. The fourth-order valence-corrected chi connectivity index (χ4v) is 4.39. The van der Waals surface area contributed by atoms with Crippen molar-refractivity contribution in [3.8, 4) is 0 Å². The van der Waals surface area contributed by atoms with Crippen molar-refractivity contribution < 1.29 is 0 Å². The molecule has 8 nitrogen and oxygen atoms in total. The van der Waals surface area contributed by atoms with E-state index in [-0.39, 0.29) is 0 Å². The molecule has 2 aromatic rings. The van der Waals surface area contributed by atoms with E-state index < -0.39 is 0 Å². The van der Waals surface area contributed by atoms with E-state index in [0.29, 0.717) is 6.04 Å². The van der Waals surface area contributed by atoms with Gasteiger partial charge in [0, 0.05) is 83.0 Å². The van der Waals surface area contributed by atoms with Crippen LogP contribution in [-0.4, -0.2) is 97.2 Å². The summed E-state index contributed by atoms with van der Waals surface area (Å²) in [6.07, 6.45) is 3.61. The number of guanidine groups is 1. The van der Waals surface area contributed by atoms with Crippen LogP contribution in [0.4, 0.5) is 11.6 Å². The van der Waals surface area contributed by atoms with Gasteiger partial charge < -0.3 is 20.0 Å². The highest BCUT2D eigenvalue weighted by atomic mass is 15.4. The molecule has 1 aromatic heterocycles. The maximum atomic E-state index is 5.01. The van der Waals surface area contributed by atoms with Crippen molar-refractivity contribution in [3.05, 3.63) is 48.8 Å². The Kier molecular flexibility index (Phi) is 7.77. The molecule has 0 spiro atoms. The molecule has 2 aliphatic rings. The fraction of sp³-hybridized carbons (Fsp3) is 0.542. The molecule has 4 rings (SSSR count). The molecule has 0 aliphatic carbocycles. The lowest BCUT2D eigenvalue weighted by molar-refractivity contribution is 0.201. The largest absolute Gasteiger partial charge is 0.369 e. The monoisotopic (exact) mass is 436 g/mol. The number of rotatable bonds is 6. The number of piperazine rings is 2. The molecule has 1 N–H and O–H groups in total. The summed E-state index contributed by atoms with van der Waals surface area (Å²) in [5, 5.41) is 3.49.